The molecular weight excluding hydrogens is 328 g/mol. The number of benzene rings is 1. The minimum Gasteiger partial charge on any atom is -0.399 e. The van der Waals surface area contributed by atoms with E-state index in [1.807, 2.05) is 13.0 Å². The number of halogens is 1. The summed E-state index contributed by atoms with van der Waals surface area (Å²) in [5.41, 5.74) is 7.09. The number of nitrogens with two attached hydrogens (primary N) is 1. The highest BCUT2D eigenvalue weighted by Gasteiger charge is 2.24. The summed E-state index contributed by atoms with van der Waals surface area (Å²) in [6.07, 6.45) is 0. The maximum absolute atomic E-state index is 12.7. The molecule has 1 aromatic carbocycles. The van der Waals surface area contributed by atoms with Gasteiger partial charge in [0.15, 0.2) is 0 Å². The standard InChI is InChI=1S/C14H17ClN2O2S2/c1-3-17(9-11-4-7-14(15)20-11)21(18,19)12-5-6-13(16)10(2)8-12/h4-8H,3,9,16H2,1-2H3. The molecule has 2 N–H and O–H groups in total. The largest absolute Gasteiger partial charge is 0.399 e. The molecule has 0 radical (unpaired) electrons. The van der Waals surface area contributed by atoms with Gasteiger partial charge >= 0.3 is 0 Å². The van der Waals surface area contributed by atoms with Gasteiger partial charge in [0.2, 0.25) is 10.0 Å². The Bertz CT molecular complexity index is 741. The molecule has 0 aliphatic carbocycles. The van der Waals surface area contributed by atoms with E-state index in [2.05, 4.69) is 0 Å². The van der Waals surface area contributed by atoms with Gasteiger partial charge in [-0.25, -0.2) is 8.42 Å². The zero-order chi connectivity index (χ0) is 15.6. The monoisotopic (exact) mass is 344 g/mol. The van der Waals surface area contributed by atoms with Gasteiger partial charge in [-0.2, -0.15) is 4.31 Å². The average Bonchev–Trinajstić information content (AvgIpc) is 2.84. The first-order chi connectivity index (χ1) is 9.84. The highest BCUT2D eigenvalue weighted by atomic mass is 35.5. The molecule has 0 unspecified atom stereocenters. The highest BCUT2D eigenvalue weighted by Crippen LogP contribution is 2.26. The predicted octanol–water partition coefficient (Wildman–Crippen LogP) is 3.50. The lowest BCUT2D eigenvalue weighted by atomic mass is 10.2. The third-order valence-corrected chi connectivity index (χ3v) is 6.33. The molecule has 2 rings (SSSR count). The van der Waals surface area contributed by atoms with E-state index in [0.717, 1.165) is 10.4 Å². The van der Waals surface area contributed by atoms with Gasteiger partial charge in [-0.05, 0) is 42.8 Å². The van der Waals surface area contributed by atoms with Crippen LogP contribution in [0.5, 0.6) is 0 Å². The molecule has 2 aromatic rings. The number of nitrogens with zero attached hydrogens (tertiary/aromatic N) is 1. The maximum Gasteiger partial charge on any atom is 0.243 e. The fourth-order valence-corrected chi connectivity index (χ4v) is 4.63. The summed E-state index contributed by atoms with van der Waals surface area (Å²) in [5.74, 6) is 0. The van der Waals surface area contributed by atoms with Crippen LogP contribution >= 0.6 is 22.9 Å². The lowest BCUT2D eigenvalue weighted by molar-refractivity contribution is 0.426. The molecule has 0 bridgehead atoms. The maximum atomic E-state index is 12.7. The molecule has 1 aromatic heterocycles. The Labute approximate surface area is 134 Å². The minimum atomic E-state index is -3.54. The van der Waals surface area contributed by atoms with Crippen molar-refractivity contribution >= 4 is 38.6 Å². The molecule has 0 amide bonds. The summed E-state index contributed by atoms with van der Waals surface area (Å²) in [6.45, 7) is 4.32. The van der Waals surface area contributed by atoms with Gasteiger partial charge in [0.05, 0.1) is 9.23 Å². The molecule has 114 valence electrons. The molecule has 0 aliphatic heterocycles. The van der Waals surface area contributed by atoms with Gasteiger partial charge < -0.3 is 5.73 Å². The van der Waals surface area contributed by atoms with Crippen molar-refractivity contribution in [1.29, 1.82) is 0 Å². The Hall–Kier alpha value is -1.08. The summed E-state index contributed by atoms with van der Waals surface area (Å²) in [5, 5.41) is 0. The molecule has 0 atom stereocenters. The quantitative estimate of drug-likeness (QED) is 0.844. The van der Waals surface area contributed by atoms with E-state index in [0.29, 0.717) is 23.1 Å². The molecule has 7 heteroatoms. The van der Waals surface area contributed by atoms with Crippen LogP contribution in [0, 0.1) is 6.92 Å². The fourth-order valence-electron chi connectivity index (χ4n) is 1.93. The van der Waals surface area contributed by atoms with Crippen LogP contribution in [-0.2, 0) is 16.6 Å². The molecular formula is C14H17ClN2O2S2. The normalized spacial score (nSPS) is 12.0. The second-order valence-electron chi connectivity index (χ2n) is 4.66. The molecule has 0 aliphatic rings. The van der Waals surface area contributed by atoms with E-state index in [9.17, 15) is 8.42 Å². The lowest BCUT2D eigenvalue weighted by Crippen LogP contribution is -2.30. The van der Waals surface area contributed by atoms with E-state index >= 15 is 0 Å². The number of rotatable bonds is 5. The first kappa shape index (κ1) is 16.3. The number of sulfonamides is 1. The first-order valence-electron chi connectivity index (χ1n) is 6.45. The summed E-state index contributed by atoms with van der Waals surface area (Å²) >= 11 is 7.28. The Balaban J connectivity index is 2.32. The van der Waals surface area contributed by atoms with E-state index in [1.54, 1.807) is 31.2 Å². The van der Waals surface area contributed by atoms with Crippen molar-refractivity contribution in [2.75, 3.05) is 12.3 Å². The fraction of sp³-hybridized carbons (Fsp3) is 0.286. The van der Waals surface area contributed by atoms with Crippen molar-refractivity contribution in [1.82, 2.24) is 4.31 Å². The van der Waals surface area contributed by atoms with Crippen LogP contribution in [0.1, 0.15) is 17.4 Å². The van der Waals surface area contributed by atoms with Crippen molar-refractivity contribution in [2.24, 2.45) is 0 Å². The molecule has 21 heavy (non-hydrogen) atoms. The van der Waals surface area contributed by atoms with E-state index in [1.165, 1.54) is 15.6 Å². The van der Waals surface area contributed by atoms with E-state index in [-0.39, 0.29) is 4.90 Å². The van der Waals surface area contributed by atoms with E-state index < -0.39 is 10.0 Å². The molecule has 0 fully saturated rings. The molecule has 4 nitrogen and oxygen atoms in total. The Kier molecular flexibility index (Phi) is 4.93. The lowest BCUT2D eigenvalue weighted by Gasteiger charge is -2.20. The average molecular weight is 345 g/mol. The Morgan fingerprint density at radius 1 is 1.29 bits per heavy atom. The van der Waals surface area contributed by atoms with Gasteiger partial charge in [0.25, 0.3) is 0 Å². The van der Waals surface area contributed by atoms with Crippen LogP contribution in [0.3, 0.4) is 0 Å². The van der Waals surface area contributed by atoms with Crippen LogP contribution in [0.25, 0.3) is 0 Å². The smallest absolute Gasteiger partial charge is 0.243 e. The van der Waals surface area contributed by atoms with Gasteiger partial charge in [-0.1, -0.05) is 18.5 Å². The third kappa shape index (κ3) is 3.58. The van der Waals surface area contributed by atoms with Gasteiger partial charge in [0.1, 0.15) is 0 Å². The van der Waals surface area contributed by atoms with Gasteiger partial charge in [0, 0.05) is 23.7 Å². The number of hydrogen-bond acceptors (Lipinski definition) is 4. The molecule has 0 spiro atoms. The second kappa shape index (κ2) is 6.36. The zero-order valence-corrected chi connectivity index (χ0v) is 14.2. The van der Waals surface area contributed by atoms with Crippen molar-refractivity contribution in [3.8, 4) is 0 Å². The molecule has 0 saturated carbocycles. The van der Waals surface area contributed by atoms with Crippen LogP contribution in [-0.4, -0.2) is 19.3 Å². The van der Waals surface area contributed by atoms with Crippen molar-refractivity contribution in [3.05, 3.63) is 45.1 Å². The van der Waals surface area contributed by atoms with Crippen molar-refractivity contribution in [3.63, 3.8) is 0 Å². The number of thiophene rings is 1. The molecule has 0 saturated heterocycles. The number of anilines is 1. The predicted molar refractivity (Wildman–Crippen MR) is 88.2 cm³/mol. The number of hydrogen-bond donors (Lipinski definition) is 1. The van der Waals surface area contributed by atoms with Gasteiger partial charge in [-0.15, -0.1) is 11.3 Å². The SMILES string of the molecule is CCN(Cc1ccc(Cl)s1)S(=O)(=O)c1ccc(N)c(C)c1. The summed E-state index contributed by atoms with van der Waals surface area (Å²) in [7, 11) is -3.54. The Morgan fingerprint density at radius 3 is 2.52 bits per heavy atom. The molecule has 1 heterocycles. The van der Waals surface area contributed by atoms with Crippen LogP contribution in [0.2, 0.25) is 4.34 Å². The number of aryl methyl sites for hydroxylation is 1. The summed E-state index contributed by atoms with van der Waals surface area (Å²) < 4.78 is 27.5. The van der Waals surface area contributed by atoms with E-state index in [4.69, 9.17) is 17.3 Å². The second-order valence-corrected chi connectivity index (χ2v) is 8.39. The summed E-state index contributed by atoms with van der Waals surface area (Å²) in [4.78, 5) is 1.18. The summed E-state index contributed by atoms with van der Waals surface area (Å²) in [6, 6.07) is 8.39. The minimum absolute atomic E-state index is 0.263. The number of nitrogen functional groups attached to an aromatic ring is 1. The first-order valence-corrected chi connectivity index (χ1v) is 9.08. The topological polar surface area (TPSA) is 63.4 Å². The van der Waals surface area contributed by atoms with Crippen molar-refractivity contribution in [2.45, 2.75) is 25.3 Å². The Morgan fingerprint density at radius 2 is 2.00 bits per heavy atom. The van der Waals surface area contributed by atoms with Crippen molar-refractivity contribution < 1.29 is 8.42 Å². The van der Waals surface area contributed by atoms with Crippen LogP contribution in [0.15, 0.2) is 35.2 Å². The highest BCUT2D eigenvalue weighted by molar-refractivity contribution is 7.89. The zero-order valence-electron chi connectivity index (χ0n) is 11.8. The third-order valence-electron chi connectivity index (χ3n) is 3.19. The van der Waals surface area contributed by atoms with Crippen LogP contribution < -0.4 is 5.73 Å². The van der Waals surface area contributed by atoms with Crippen LogP contribution in [0.4, 0.5) is 5.69 Å². The van der Waals surface area contributed by atoms with Gasteiger partial charge in [-0.3, -0.25) is 0 Å².